The molecule has 8 nitrogen and oxygen atoms in total. The van der Waals surface area contributed by atoms with Crippen molar-refractivity contribution < 1.29 is 27.9 Å². The number of carbonyl (C=O) groups is 2. The van der Waals surface area contributed by atoms with E-state index in [1.807, 2.05) is 4.72 Å². The molecule has 22 heavy (non-hydrogen) atoms. The summed E-state index contributed by atoms with van der Waals surface area (Å²) in [6.07, 6.45) is 1.06. The molecule has 0 saturated carbocycles. The van der Waals surface area contributed by atoms with Gasteiger partial charge in [0, 0.05) is 0 Å². The van der Waals surface area contributed by atoms with Crippen molar-refractivity contribution >= 4 is 21.9 Å². The van der Waals surface area contributed by atoms with E-state index in [-0.39, 0.29) is 17.7 Å². The number of methoxy groups -OCH3 is 1. The number of carboxylic acids is 1. The first-order chi connectivity index (χ1) is 10.2. The molecule has 1 rings (SSSR count). The van der Waals surface area contributed by atoms with E-state index in [9.17, 15) is 18.0 Å². The quantitative estimate of drug-likeness (QED) is 0.622. The number of rotatable bonds is 7. The summed E-state index contributed by atoms with van der Waals surface area (Å²) in [7, 11) is -0.816. The summed E-state index contributed by atoms with van der Waals surface area (Å²) in [6, 6.07) is 3.67. The predicted octanol–water partition coefficient (Wildman–Crippen LogP) is -0.400. The Morgan fingerprint density at radius 2 is 2.00 bits per heavy atom. The molecular weight excluding hydrogens is 312 g/mol. The van der Waals surface area contributed by atoms with Crippen LogP contribution < -0.4 is 14.8 Å². The molecule has 1 aromatic rings. The standard InChI is InChI=1S/C13H18N2O6S/c1-14-10(13(17)18)6-8-4-5-9(11(7-8)21-2)12(16)15-22(3,19)20/h4-5,7,10,14H,6H2,1-3H3,(H,15,16)(H,17,18). The Hall–Kier alpha value is -2.13. The zero-order valence-corrected chi connectivity index (χ0v) is 13.2. The van der Waals surface area contributed by atoms with Gasteiger partial charge in [-0.3, -0.25) is 9.59 Å². The van der Waals surface area contributed by atoms with Gasteiger partial charge in [-0.25, -0.2) is 13.1 Å². The van der Waals surface area contributed by atoms with Crippen LogP contribution in [0.3, 0.4) is 0 Å². The van der Waals surface area contributed by atoms with Crippen LogP contribution in [0.25, 0.3) is 0 Å². The Morgan fingerprint density at radius 1 is 1.36 bits per heavy atom. The summed E-state index contributed by atoms with van der Waals surface area (Å²) in [5.41, 5.74) is 0.683. The minimum atomic E-state index is -3.68. The van der Waals surface area contributed by atoms with Gasteiger partial charge in [-0.15, -0.1) is 0 Å². The van der Waals surface area contributed by atoms with Crippen LogP contribution in [-0.2, 0) is 21.2 Å². The van der Waals surface area contributed by atoms with Crippen molar-refractivity contribution in [3.63, 3.8) is 0 Å². The summed E-state index contributed by atoms with van der Waals surface area (Å²) in [5.74, 6) is -1.64. The Bertz CT molecular complexity index is 671. The molecule has 3 N–H and O–H groups in total. The summed E-state index contributed by atoms with van der Waals surface area (Å²) < 4.78 is 29.1. The highest BCUT2D eigenvalue weighted by Crippen LogP contribution is 2.21. The van der Waals surface area contributed by atoms with Crippen molar-refractivity contribution in [2.45, 2.75) is 12.5 Å². The molecular formula is C13H18N2O6S. The lowest BCUT2D eigenvalue weighted by molar-refractivity contribution is -0.139. The molecule has 0 aliphatic carbocycles. The van der Waals surface area contributed by atoms with Crippen molar-refractivity contribution in [2.75, 3.05) is 20.4 Å². The van der Waals surface area contributed by atoms with Crippen molar-refractivity contribution in [3.05, 3.63) is 29.3 Å². The maximum absolute atomic E-state index is 11.9. The van der Waals surface area contributed by atoms with Gasteiger partial charge >= 0.3 is 5.97 Å². The lowest BCUT2D eigenvalue weighted by Gasteiger charge is -2.14. The molecule has 0 radical (unpaired) electrons. The summed E-state index contributed by atoms with van der Waals surface area (Å²) in [5, 5.41) is 11.7. The largest absolute Gasteiger partial charge is 0.496 e. The predicted molar refractivity (Wildman–Crippen MR) is 79.5 cm³/mol. The second-order valence-corrected chi connectivity index (χ2v) is 6.37. The molecule has 0 aromatic heterocycles. The summed E-state index contributed by atoms with van der Waals surface area (Å²) in [6.45, 7) is 0. The molecule has 1 atom stereocenters. The molecule has 0 fully saturated rings. The van der Waals surface area contributed by atoms with E-state index in [1.165, 1.54) is 26.3 Å². The first-order valence-electron chi connectivity index (χ1n) is 6.27. The minimum Gasteiger partial charge on any atom is -0.496 e. The number of sulfonamides is 1. The van der Waals surface area contributed by atoms with Crippen LogP contribution in [0.5, 0.6) is 5.75 Å². The average molecular weight is 330 g/mol. The molecule has 1 aromatic carbocycles. The van der Waals surface area contributed by atoms with Crippen LogP contribution >= 0.6 is 0 Å². The van der Waals surface area contributed by atoms with Crippen LogP contribution in [0.1, 0.15) is 15.9 Å². The molecule has 9 heteroatoms. The number of aliphatic carboxylic acids is 1. The Labute approximate surface area is 128 Å². The van der Waals surface area contributed by atoms with Crippen LogP contribution in [0.15, 0.2) is 18.2 Å². The van der Waals surface area contributed by atoms with E-state index in [0.29, 0.717) is 5.56 Å². The van der Waals surface area contributed by atoms with Gasteiger partial charge in [0.25, 0.3) is 5.91 Å². The van der Waals surface area contributed by atoms with Crippen molar-refractivity contribution in [2.24, 2.45) is 0 Å². The zero-order chi connectivity index (χ0) is 16.9. The molecule has 0 aliphatic rings. The number of likely N-dealkylation sites (N-methyl/N-ethyl adjacent to an activating group) is 1. The molecule has 0 heterocycles. The highest BCUT2D eigenvalue weighted by molar-refractivity contribution is 7.89. The minimum absolute atomic E-state index is 0.0491. The van der Waals surface area contributed by atoms with Gasteiger partial charge in [0.2, 0.25) is 10.0 Å². The second-order valence-electron chi connectivity index (χ2n) is 4.62. The zero-order valence-electron chi connectivity index (χ0n) is 12.4. The summed E-state index contributed by atoms with van der Waals surface area (Å²) >= 11 is 0. The topological polar surface area (TPSA) is 122 Å². The third-order valence-corrected chi connectivity index (χ3v) is 3.43. The van der Waals surface area contributed by atoms with Crippen LogP contribution in [0.4, 0.5) is 0 Å². The molecule has 0 spiro atoms. The van der Waals surface area contributed by atoms with Crippen molar-refractivity contribution in [3.8, 4) is 5.75 Å². The van der Waals surface area contributed by atoms with Gasteiger partial charge in [-0.05, 0) is 31.2 Å². The maximum atomic E-state index is 11.9. The van der Waals surface area contributed by atoms with Gasteiger partial charge in [0.05, 0.1) is 18.9 Å². The molecule has 1 unspecified atom stereocenters. The third kappa shape index (κ3) is 5.01. The van der Waals surface area contributed by atoms with Gasteiger partial charge in [-0.2, -0.15) is 0 Å². The molecule has 122 valence electrons. The number of carbonyl (C=O) groups excluding carboxylic acids is 1. The molecule has 1 amide bonds. The first kappa shape index (κ1) is 17.9. The first-order valence-corrected chi connectivity index (χ1v) is 8.16. The number of carboxylic acid groups (broad SMARTS) is 1. The smallest absolute Gasteiger partial charge is 0.321 e. The van der Waals surface area contributed by atoms with Gasteiger partial charge < -0.3 is 15.2 Å². The normalized spacial score (nSPS) is 12.5. The Balaban J connectivity index is 3.05. The van der Waals surface area contributed by atoms with Gasteiger partial charge in [-0.1, -0.05) is 6.07 Å². The fraction of sp³-hybridized carbons (Fsp3) is 0.385. The van der Waals surface area contributed by atoms with Gasteiger partial charge in [0.1, 0.15) is 11.8 Å². The number of hydrogen-bond acceptors (Lipinski definition) is 6. The highest BCUT2D eigenvalue weighted by Gasteiger charge is 2.19. The van der Waals surface area contributed by atoms with Crippen LogP contribution in [-0.4, -0.2) is 51.9 Å². The van der Waals surface area contributed by atoms with E-state index in [1.54, 1.807) is 6.07 Å². The number of amides is 1. The maximum Gasteiger partial charge on any atom is 0.321 e. The fourth-order valence-corrected chi connectivity index (χ4v) is 2.27. The number of benzene rings is 1. The second kappa shape index (κ2) is 7.23. The van der Waals surface area contributed by atoms with Crippen LogP contribution in [0, 0.1) is 0 Å². The third-order valence-electron chi connectivity index (χ3n) is 2.88. The van der Waals surface area contributed by atoms with Crippen molar-refractivity contribution in [1.29, 1.82) is 0 Å². The number of hydrogen-bond donors (Lipinski definition) is 3. The van der Waals surface area contributed by atoms with E-state index < -0.39 is 27.9 Å². The monoisotopic (exact) mass is 330 g/mol. The Morgan fingerprint density at radius 3 is 2.45 bits per heavy atom. The number of nitrogens with one attached hydrogen (secondary N) is 2. The summed E-state index contributed by atoms with van der Waals surface area (Å²) in [4.78, 5) is 22.9. The highest BCUT2D eigenvalue weighted by atomic mass is 32.2. The average Bonchev–Trinajstić information content (AvgIpc) is 2.42. The van der Waals surface area contributed by atoms with Crippen molar-refractivity contribution in [1.82, 2.24) is 10.0 Å². The fourth-order valence-electron chi connectivity index (χ4n) is 1.82. The lowest BCUT2D eigenvalue weighted by atomic mass is 10.0. The molecule has 0 bridgehead atoms. The van der Waals surface area contributed by atoms with Crippen LogP contribution in [0.2, 0.25) is 0 Å². The van der Waals surface area contributed by atoms with E-state index in [2.05, 4.69) is 5.32 Å². The number of ether oxygens (including phenoxy) is 1. The lowest BCUT2D eigenvalue weighted by Crippen LogP contribution is -2.35. The molecule has 0 aliphatic heterocycles. The molecule has 0 saturated heterocycles. The van der Waals surface area contributed by atoms with E-state index >= 15 is 0 Å². The van der Waals surface area contributed by atoms with Gasteiger partial charge in [0.15, 0.2) is 0 Å². The SMILES string of the molecule is CNC(Cc1ccc(C(=O)NS(C)(=O)=O)c(OC)c1)C(=O)O. The Kier molecular flexibility index (Phi) is 5.89. The van der Waals surface area contributed by atoms with E-state index in [4.69, 9.17) is 9.84 Å². The van der Waals surface area contributed by atoms with E-state index in [0.717, 1.165) is 6.26 Å².